The summed E-state index contributed by atoms with van der Waals surface area (Å²) in [7, 11) is 0. The lowest BCUT2D eigenvalue weighted by Crippen LogP contribution is -2.08. The van der Waals surface area contributed by atoms with Crippen LogP contribution in [0.25, 0.3) is 0 Å². The molecule has 0 spiro atoms. The second-order valence-corrected chi connectivity index (χ2v) is 4.88. The predicted octanol–water partition coefficient (Wildman–Crippen LogP) is 4.56. The summed E-state index contributed by atoms with van der Waals surface area (Å²) in [5.41, 5.74) is 0. The van der Waals surface area contributed by atoms with Crippen LogP contribution in [0.3, 0.4) is 0 Å². The van der Waals surface area contributed by atoms with E-state index in [1.807, 2.05) is 0 Å². The minimum Gasteiger partial charge on any atom is -0.492 e. The molecule has 3 heteroatoms. The van der Waals surface area contributed by atoms with Gasteiger partial charge in [-0.1, -0.05) is 36.0 Å². The summed E-state index contributed by atoms with van der Waals surface area (Å²) in [4.78, 5) is 0. The van der Waals surface area contributed by atoms with Gasteiger partial charge in [-0.15, -0.1) is 0 Å². The normalized spacial score (nSPS) is 16.9. The molecule has 0 saturated heterocycles. The van der Waals surface area contributed by atoms with Crippen molar-refractivity contribution in [1.29, 1.82) is 0 Å². The van der Waals surface area contributed by atoms with Gasteiger partial charge in [0.2, 0.25) is 0 Å². The van der Waals surface area contributed by atoms with E-state index in [4.69, 9.17) is 27.9 Å². The molecule has 0 atom stereocenters. The van der Waals surface area contributed by atoms with E-state index in [-0.39, 0.29) is 0 Å². The topological polar surface area (TPSA) is 9.23 Å². The molecule has 0 unspecified atom stereocenters. The van der Waals surface area contributed by atoms with Gasteiger partial charge in [-0.05, 0) is 30.9 Å². The second kappa shape index (κ2) is 5.09. The zero-order chi connectivity index (χ0) is 10.7. The van der Waals surface area contributed by atoms with Gasteiger partial charge >= 0.3 is 0 Å². The predicted molar refractivity (Wildman–Crippen MR) is 63.9 cm³/mol. The van der Waals surface area contributed by atoms with Gasteiger partial charge in [0.15, 0.2) is 0 Å². The quantitative estimate of drug-likeness (QED) is 0.758. The van der Waals surface area contributed by atoms with Crippen LogP contribution < -0.4 is 4.74 Å². The summed E-state index contributed by atoms with van der Waals surface area (Å²) in [5.74, 6) is 1.40. The first-order valence-electron chi connectivity index (χ1n) is 5.33. The van der Waals surface area contributed by atoms with Crippen LogP contribution in [-0.2, 0) is 0 Å². The molecule has 0 amide bonds. The first kappa shape index (κ1) is 11.1. The van der Waals surface area contributed by atoms with Crippen molar-refractivity contribution >= 4 is 23.2 Å². The van der Waals surface area contributed by atoms with Crippen LogP contribution in [0, 0.1) is 5.92 Å². The highest BCUT2D eigenvalue weighted by atomic mass is 35.5. The summed E-state index contributed by atoms with van der Waals surface area (Å²) in [6.45, 7) is 0.764. The van der Waals surface area contributed by atoms with Crippen molar-refractivity contribution < 1.29 is 4.74 Å². The molecule has 1 saturated carbocycles. The molecule has 0 radical (unpaired) electrons. The largest absolute Gasteiger partial charge is 0.492 e. The molecule has 0 aliphatic heterocycles. The molecule has 82 valence electrons. The Labute approximate surface area is 100 Å². The molecular formula is C12H14Cl2O. The zero-order valence-corrected chi connectivity index (χ0v) is 10.0. The van der Waals surface area contributed by atoms with Crippen molar-refractivity contribution in [2.45, 2.75) is 25.7 Å². The first-order chi connectivity index (χ1) is 7.25. The van der Waals surface area contributed by atoms with Crippen molar-refractivity contribution in [2.24, 2.45) is 5.92 Å². The third kappa shape index (κ3) is 3.02. The minimum atomic E-state index is 0.636. The number of halogens is 2. The maximum atomic E-state index is 6.00. The van der Waals surface area contributed by atoms with Crippen molar-refractivity contribution in [3.05, 3.63) is 28.2 Å². The summed E-state index contributed by atoms with van der Waals surface area (Å²) >= 11 is 11.9. The Hall–Kier alpha value is -0.400. The highest BCUT2D eigenvalue weighted by Crippen LogP contribution is 2.30. The number of hydrogen-bond donors (Lipinski definition) is 0. The Balaban J connectivity index is 1.94. The lowest BCUT2D eigenvalue weighted by molar-refractivity contribution is 0.252. The second-order valence-electron chi connectivity index (χ2n) is 4.04. The van der Waals surface area contributed by atoms with Crippen LogP contribution in [-0.4, -0.2) is 6.61 Å². The monoisotopic (exact) mass is 244 g/mol. The fraction of sp³-hybridized carbons (Fsp3) is 0.500. The van der Waals surface area contributed by atoms with Crippen LogP contribution in [0.4, 0.5) is 0 Å². The molecular weight excluding hydrogens is 231 g/mol. The molecule has 0 bridgehead atoms. The Morgan fingerprint density at radius 1 is 1.20 bits per heavy atom. The summed E-state index contributed by atoms with van der Waals surface area (Å²) < 4.78 is 5.69. The fourth-order valence-electron chi connectivity index (χ4n) is 1.97. The molecule has 0 heterocycles. The summed E-state index contributed by atoms with van der Waals surface area (Å²) in [6, 6.07) is 5.32. The molecule has 1 fully saturated rings. The van der Waals surface area contributed by atoms with Crippen molar-refractivity contribution in [3.63, 3.8) is 0 Å². The number of rotatable bonds is 3. The van der Waals surface area contributed by atoms with Crippen molar-refractivity contribution in [3.8, 4) is 5.75 Å². The molecule has 1 aliphatic rings. The van der Waals surface area contributed by atoms with E-state index in [0.717, 1.165) is 6.61 Å². The standard InChI is InChI=1S/C12H14Cl2O/c13-10-5-6-11(14)12(7-10)15-8-9-3-1-2-4-9/h5-7,9H,1-4,8H2. The molecule has 1 nitrogen and oxygen atoms in total. The summed E-state index contributed by atoms with van der Waals surface area (Å²) in [6.07, 6.45) is 5.21. The lowest BCUT2D eigenvalue weighted by atomic mass is 10.1. The third-order valence-electron chi connectivity index (χ3n) is 2.84. The summed E-state index contributed by atoms with van der Waals surface area (Å²) in [5, 5.41) is 1.30. The minimum absolute atomic E-state index is 0.636. The Morgan fingerprint density at radius 3 is 2.67 bits per heavy atom. The average molecular weight is 245 g/mol. The number of benzene rings is 1. The SMILES string of the molecule is Clc1ccc(Cl)c(OCC2CCCC2)c1. The number of ether oxygens (including phenoxy) is 1. The Morgan fingerprint density at radius 2 is 1.93 bits per heavy atom. The smallest absolute Gasteiger partial charge is 0.139 e. The van der Waals surface area contributed by atoms with Crippen LogP contribution in [0.2, 0.25) is 10.0 Å². The molecule has 1 aromatic carbocycles. The van der Waals surface area contributed by atoms with Crippen LogP contribution in [0.1, 0.15) is 25.7 Å². The highest BCUT2D eigenvalue weighted by Gasteiger charge is 2.16. The molecule has 0 N–H and O–H groups in total. The average Bonchev–Trinajstić information content (AvgIpc) is 2.72. The van der Waals surface area contributed by atoms with Gasteiger partial charge in [0.1, 0.15) is 5.75 Å². The van der Waals surface area contributed by atoms with Gasteiger partial charge in [-0.2, -0.15) is 0 Å². The molecule has 2 rings (SSSR count). The van der Waals surface area contributed by atoms with Crippen molar-refractivity contribution in [2.75, 3.05) is 6.61 Å². The third-order valence-corrected chi connectivity index (χ3v) is 3.39. The molecule has 0 aromatic heterocycles. The Kier molecular flexibility index (Phi) is 3.76. The van der Waals surface area contributed by atoms with E-state index in [0.29, 0.717) is 21.7 Å². The van der Waals surface area contributed by atoms with Gasteiger partial charge in [0.25, 0.3) is 0 Å². The first-order valence-corrected chi connectivity index (χ1v) is 6.09. The van der Waals surface area contributed by atoms with E-state index in [2.05, 4.69) is 0 Å². The van der Waals surface area contributed by atoms with E-state index < -0.39 is 0 Å². The zero-order valence-electron chi connectivity index (χ0n) is 8.51. The van der Waals surface area contributed by atoms with E-state index in [1.54, 1.807) is 18.2 Å². The van der Waals surface area contributed by atoms with Gasteiger partial charge in [-0.25, -0.2) is 0 Å². The highest BCUT2D eigenvalue weighted by molar-refractivity contribution is 6.34. The number of hydrogen-bond acceptors (Lipinski definition) is 1. The van der Waals surface area contributed by atoms with E-state index >= 15 is 0 Å². The molecule has 15 heavy (non-hydrogen) atoms. The van der Waals surface area contributed by atoms with Crippen LogP contribution in [0.5, 0.6) is 5.75 Å². The van der Waals surface area contributed by atoms with Gasteiger partial charge in [0, 0.05) is 11.1 Å². The van der Waals surface area contributed by atoms with Crippen LogP contribution in [0.15, 0.2) is 18.2 Å². The fourth-order valence-corrected chi connectivity index (χ4v) is 2.31. The lowest BCUT2D eigenvalue weighted by Gasteiger charge is -2.12. The van der Waals surface area contributed by atoms with Gasteiger partial charge < -0.3 is 4.74 Å². The molecule has 1 aliphatic carbocycles. The van der Waals surface area contributed by atoms with Crippen molar-refractivity contribution in [1.82, 2.24) is 0 Å². The van der Waals surface area contributed by atoms with Gasteiger partial charge in [-0.3, -0.25) is 0 Å². The van der Waals surface area contributed by atoms with E-state index in [9.17, 15) is 0 Å². The Bertz CT molecular complexity index is 332. The van der Waals surface area contributed by atoms with Crippen LogP contribution >= 0.6 is 23.2 Å². The van der Waals surface area contributed by atoms with Gasteiger partial charge in [0.05, 0.1) is 11.6 Å². The maximum absolute atomic E-state index is 6.00. The maximum Gasteiger partial charge on any atom is 0.139 e. The van der Waals surface area contributed by atoms with E-state index in [1.165, 1.54) is 25.7 Å². The molecule has 1 aromatic rings.